The Kier molecular flexibility index (Phi) is 5.66. The van der Waals surface area contributed by atoms with Crippen LogP contribution < -0.4 is 15.4 Å². The van der Waals surface area contributed by atoms with E-state index in [-0.39, 0.29) is 48.3 Å². The van der Waals surface area contributed by atoms with Crippen molar-refractivity contribution >= 4 is 17.8 Å². The first kappa shape index (κ1) is 19.6. The average Bonchev–Trinajstić information content (AvgIpc) is 2.73. The first-order chi connectivity index (χ1) is 14.0. The van der Waals surface area contributed by atoms with Crippen molar-refractivity contribution in [2.24, 2.45) is 5.92 Å². The fraction of sp³-hybridized carbons (Fsp3) is 0.550. The molecule has 156 valence electrons. The summed E-state index contributed by atoms with van der Waals surface area (Å²) in [6, 6.07) is 5.36. The van der Waals surface area contributed by atoms with Gasteiger partial charge < -0.3 is 15.0 Å². The summed E-state index contributed by atoms with van der Waals surface area (Å²) in [4.78, 5) is 40.7. The molecule has 0 radical (unpaired) electrons. The number of hydrogen-bond donors (Lipinski definition) is 2. The molecule has 0 bridgehead atoms. The minimum atomic E-state index is -0.510. The molecule has 8 nitrogen and oxygen atoms in total. The Labute approximate surface area is 168 Å². The van der Waals surface area contributed by atoms with Crippen LogP contribution in [-0.2, 0) is 9.59 Å². The van der Waals surface area contributed by atoms with Crippen LogP contribution in [0.5, 0.6) is 5.75 Å². The number of nitrogens with zero attached hydrogens (tertiary/aromatic N) is 2. The van der Waals surface area contributed by atoms with Gasteiger partial charge in [0.15, 0.2) is 18.2 Å². The monoisotopic (exact) mass is 404 g/mol. The summed E-state index contributed by atoms with van der Waals surface area (Å²) in [5.41, 5.74) is 0. The molecule has 0 aromatic heterocycles. The Morgan fingerprint density at radius 1 is 1.17 bits per heavy atom. The van der Waals surface area contributed by atoms with Gasteiger partial charge in [-0.3, -0.25) is 19.8 Å². The molecule has 2 unspecified atom stereocenters. The van der Waals surface area contributed by atoms with Crippen molar-refractivity contribution in [3.8, 4) is 5.75 Å². The molecule has 0 saturated carbocycles. The molecule has 3 aliphatic rings. The zero-order chi connectivity index (χ0) is 20.4. The van der Waals surface area contributed by atoms with E-state index in [1.807, 2.05) is 0 Å². The molecule has 4 amide bonds. The number of likely N-dealkylation sites (tertiary alicyclic amines) is 1. The molecule has 2 N–H and O–H groups in total. The smallest absolute Gasteiger partial charge is 0.325 e. The number of piperidine rings is 2. The van der Waals surface area contributed by atoms with Crippen molar-refractivity contribution in [1.29, 1.82) is 0 Å². The number of carbonyl (C=O) groups is 3. The number of urea groups is 1. The van der Waals surface area contributed by atoms with Gasteiger partial charge in [0.05, 0.1) is 12.1 Å². The number of fused-ring (bicyclic) bond motifs is 1. The van der Waals surface area contributed by atoms with Crippen LogP contribution in [0.1, 0.15) is 25.7 Å². The minimum absolute atomic E-state index is 0.0435. The summed E-state index contributed by atoms with van der Waals surface area (Å²) in [7, 11) is 0. The maximum absolute atomic E-state index is 13.6. The highest BCUT2D eigenvalue weighted by molar-refractivity contribution is 5.99. The van der Waals surface area contributed by atoms with E-state index in [1.165, 1.54) is 17.0 Å². The number of benzene rings is 1. The number of rotatable bonds is 4. The number of ether oxygens (including phenoxy) is 1. The zero-order valence-corrected chi connectivity index (χ0v) is 16.1. The molecular weight excluding hydrogens is 379 g/mol. The van der Waals surface area contributed by atoms with Gasteiger partial charge in [-0.1, -0.05) is 12.1 Å². The Balaban J connectivity index is 1.31. The Hall–Kier alpha value is -2.68. The summed E-state index contributed by atoms with van der Waals surface area (Å²) in [5.74, 6) is -1.06. The normalized spacial score (nSPS) is 25.4. The maximum atomic E-state index is 13.6. The van der Waals surface area contributed by atoms with E-state index in [0.29, 0.717) is 25.9 Å². The quantitative estimate of drug-likeness (QED) is 0.784. The van der Waals surface area contributed by atoms with Crippen LogP contribution in [0.15, 0.2) is 24.3 Å². The van der Waals surface area contributed by atoms with Gasteiger partial charge in [0.1, 0.15) is 0 Å². The molecule has 1 aromatic carbocycles. The van der Waals surface area contributed by atoms with E-state index >= 15 is 0 Å². The molecule has 0 spiro atoms. The van der Waals surface area contributed by atoms with Crippen LogP contribution in [0.2, 0.25) is 0 Å². The van der Waals surface area contributed by atoms with Crippen LogP contribution in [0.25, 0.3) is 0 Å². The fourth-order valence-corrected chi connectivity index (χ4v) is 4.30. The Bertz CT molecular complexity index is 796. The van der Waals surface area contributed by atoms with E-state index in [1.54, 1.807) is 17.0 Å². The van der Waals surface area contributed by atoms with E-state index in [2.05, 4.69) is 10.6 Å². The lowest BCUT2D eigenvalue weighted by molar-refractivity contribution is -0.141. The molecule has 4 rings (SSSR count). The van der Waals surface area contributed by atoms with Gasteiger partial charge in [-0.15, -0.1) is 0 Å². The molecular formula is C20H25FN4O4. The van der Waals surface area contributed by atoms with Crippen LogP contribution in [0, 0.1) is 11.7 Å². The number of amides is 4. The summed E-state index contributed by atoms with van der Waals surface area (Å²) in [6.45, 7) is 1.40. The third kappa shape index (κ3) is 4.05. The highest BCUT2D eigenvalue weighted by Gasteiger charge is 2.45. The van der Waals surface area contributed by atoms with Gasteiger partial charge in [-0.2, -0.15) is 0 Å². The summed E-state index contributed by atoms with van der Waals surface area (Å²) >= 11 is 0. The molecule has 29 heavy (non-hydrogen) atoms. The fourth-order valence-electron chi connectivity index (χ4n) is 4.30. The SMILES string of the molecule is O=C(COc1ccccc1F)N1CCC(N2C(=O)NC3NCCCC3C2=O)CC1. The molecule has 9 heteroatoms. The van der Waals surface area contributed by atoms with Crippen molar-refractivity contribution in [2.75, 3.05) is 26.2 Å². The molecule has 3 saturated heterocycles. The van der Waals surface area contributed by atoms with Crippen molar-refractivity contribution in [3.05, 3.63) is 30.1 Å². The van der Waals surface area contributed by atoms with Gasteiger partial charge in [0, 0.05) is 19.1 Å². The predicted molar refractivity (Wildman–Crippen MR) is 101 cm³/mol. The average molecular weight is 404 g/mol. The standard InChI is InChI=1S/C20H25FN4O4/c21-15-5-1-2-6-16(15)29-12-17(26)24-10-7-13(8-11-24)25-19(27)14-4-3-9-22-18(14)23-20(25)28/h1-2,5-6,13-14,18,22H,3-4,7-12H2,(H,23,28). The van der Waals surface area contributed by atoms with Crippen molar-refractivity contribution in [1.82, 2.24) is 20.4 Å². The largest absolute Gasteiger partial charge is 0.481 e. The number of para-hydroxylation sites is 1. The van der Waals surface area contributed by atoms with Crippen LogP contribution in [0.4, 0.5) is 9.18 Å². The highest BCUT2D eigenvalue weighted by atomic mass is 19.1. The summed E-state index contributed by atoms with van der Waals surface area (Å²) < 4.78 is 18.9. The lowest BCUT2D eigenvalue weighted by Crippen LogP contribution is -2.68. The molecule has 2 atom stereocenters. The second-order valence-corrected chi connectivity index (χ2v) is 7.67. The first-order valence-corrected chi connectivity index (χ1v) is 10.1. The zero-order valence-electron chi connectivity index (χ0n) is 16.1. The molecule has 1 aromatic rings. The third-order valence-electron chi connectivity index (χ3n) is 5.88. The van der Waals surface area contributed by atoms with Gasteiger partial charge in [0.2, 0.25) is 5.91 Å². The van der Waals surface area contributed by atoms with Crippen molar-refractivity contribution < 1.29 is 23.5 Å². The summed E-state index contributed by atoms with van der Waals surface area (Å²) in [5, 5.41) is 6.08. The summed E-state index contributed by atoms with van der Waals surface area (Å²) in [6.07, 6.45) is 2.44. The minimum Gasteiger partial charge on any atom is -0.481 e. The first-order valence-electron chi connectivity index (χ1n) is 10.1. The van der Waals surface area contributed by atoms with Gasteiger partial charge >= 0.3 is 6.03 Å². The second-order valence-electron chi connectivity index (χ2n) is 7.67. The van der Waals surface area contributed by atoms with Crippen LogP contribution >= 0.6 is 0 Å². The number of carbonyl (C=O) groups excluding carboxylic acids is 3. The molecule has 3 fully saturated rings. The Morgan fingerprint density at radius 3 is 2.69 bits per heavy atom. The number of nitrogens with one attached hydrogen (secondary N) is 2. The van der Waals surface area contributed by atoms with Crippen molar-refractivity contribution in [2.45, 2.75) is 37.9 Å². The van der Waals surface area contributed by atoms with E-state index in [9.17, 15) is 18.8 Å². The van der Waals surface area contributed by atoms with E-state index < -0.39 is 5.82 Å². The third-order valence-corrected chi connectivity index (χ3v) is 5.88. The molecule has 3 aliphatic heterocycles. The number of hydrogen-bond acceptors (Lipinski definition) is 5. The lowest BCUT2D eigenvalue weighted by atomic mass is 9.91. The predicted octanol–water partition coefficient (Wildman–Crippen LogP) is 1.07. The van der Waals surface area contributed by atoms with Gasteiger partial charge in [-0.25, -0.2) is 9.18 Å². The van der Waals surface area contributed by atoms with Crippen LogP contribution in [0.3, 0.4) is 0 Å². The second kappa shape index (κ2) is 8.36. The maximum Gasteiger partial charge on any atom is 0.325 e. The number of imide groups is 1. The highest BCUT2D eigenvalue weighted by Crippen LogP contribution is 2.27. The topological polar surface area (TPSA) is 91.0 Å². The Morgan fingerprint density at radius 2 is 1.93 bits per heavy atom. The molecule has 3 heterocycles. The van der Waals surface area contributed by atoms with E-state index in [0.717, 1.165) is 19.4 Å². The number of halogens is 1. The molecule has 0 aliphatic carbocycles. The van der Waals surface area contributed by atoms with E-state index in [4.69, 9.17) is 4.74 Å². The lowest BCUT2D eigenvalue weighted by Gasteiger charge is -2.45. The van der Waals surface area contributed by atoms with Gasteiger partial charge in [0.25, 0.3) is 5.91 Å². The van der Waals surface area contributed by atoms with Crippen molar-refractivity contribution in [3.63, 3.8) is 0 Å². The van der Waals surface area contributed by atoms with Gasteiger partial charge in [-0.05, 0) is 44.4 Å². The van der Waals surface area contributed by atoms with Crippen LogP contribution in [-0.4, -0.2) is 66.1 Å².